The number of carbonyl (C=O) groups excluding carboxylic acids is 1. The second-order valence-electron chi connectivity index (χ2n) is 7.29. The Bertz CT molecular complexity index is 1020. The van der Waals surface area contributed by atoms with Crippen molar-refractivity contribution >= 4 is 23.3 Å². The Morgan fingerprint density at radius 3 is 2.76 bits per heavy atom. The van der Waals surface area contributed by atoms with Gasteiger partial charge in [-0.3, -0.25) is 4.98 Å². The molecule has 1 aliphatic rings. The molecular formula is C21H23ClN6O. The Kier molecular flexibility index (Phi) is 5.49. The van der Waals surface area contributed by atoms with Crippen LogP contribution in [0.5, 0.6) is 0 Å². The van der Waals surface area contributed by atoms with Gasteiger partial charge in [-0.1, -0.05) is 23.7 Å². The zero-order valence-electron chi connectivity index (χ0n) is 16.5. The van der Waals surface area contributed by atoms with Crippen LogP contribution in [0, 0.1) is 13.8 Å². The fraction of sp³-hybridized carbons (Fsp3) is 0.333. The average molecular weight is 411 g/mol. The maximum absolute atomic E-state index is 13.0. The molecule has 3 heterocycles. The van der Waals surface area contributed by atoms with Gasteiger partial charge in [0.05, 0.1) is 12.6 Å². The highest BCUT2D eigenvalue weighted by Crippen LogP contribution is 2.32. The molecule has 2 amide bonds. The summed E-state index contributed by atoms with van der Waals surface area (Å²) < 4.78 is 2.08. The number of hydrogen-bond donors (Lipinski definition) is 1. The summed E-state index contributed by atoms with van der Waals surface area (Å²) in [5.74, 6) is 1.64. The van der Waals surface area contributed by atoms with Gasteiger partial charge in [-0.15, -0.1) is 10.2 Å². The van der Waals surface area contributed by atoms with Gasteiger partial charge in [-0.2, -0.15) is 0 Å². The number of amides is 2. The lowest BCUT2D eigenvalue weighted by atomic mass is 10.2. The molecule has 1 saturated heterocycles. The van der Waals surface area contributed by atoms with E-state index in [4.69, 9.17) is 11.6 Å². The van der Waals surface area contributed by atoms with E-state index in [9.17, 15) is 4.79 Å². The zero-order chi connectivity index (χ0) is 20.4. The first-order chi connectivity index (χ1) is 14.0. The van der Waals surface area contributed by atoms with Crippen LogP contribution in [0.2, 0.25) is 5.02 Å². The Morgan fingerprint density at radius 2 is 2.00 bits per heavy atom. The fourth-order valence-corrected chi connectivity index (χ4v) is 3.82. The molecule has 29 heavy (non-hydrogen) atoms. The van der Waals surface area contributed by atoms with E-state index in [0.717, 1.165) is 41.3 Å². The van der Waals surface area contributed by atoms with Crippen LogP contribution in [-0.4, -0.2) is 37.2 Å². The number of hydrogen-bond acceptors (Lipinski definition) is 4. The number of pyridine rings is 1. The Labute approximate surface area is 174 Å². The first kappa shape index (κ1) is 19.4. The third-order valence-corrected chi connectivity index (χ3v) is 5.54. The van der Waals surface area contributed by atoms with Crippen LogP contribution in [0.15, 0.2) is 42.7 Å². The monoisotopic (exact) mass is 410 g/mol. The van der Waals surface area contributed by atoms with Gasteiger partial charge in [0.25, 0.3) is 0 Å². The molecule has 3 aromatic rings. The van der Waals surface area contributed by atoms with Crippen molar-refractivity contribution in [3.8, 4) is 0 Å². The number of nitrogens with one attached hydrogen (secondary N) is 1. The van der Waals surface area contributed by atoms with Gasteiger partial charge in [-0.05, 0) is 56.0 Å². The maximum Gasteiger partial charge on any atom is 0.322 e. The number of aromatic nitrogens is 4. The summed E-state index contributed by atoms with van der Waals surface area (Å²) in [6, 6.07) is 9.33. The van der Waals surface area contributed by atoms with Crippen LogP contribution in [0.1, 0.15) is 41.7 Å². The minimum Gasteiger partial charge on any atom is -0.314 e. The number of benzene rings is 1. The van der Waals surface area contributed by atoms with Crippen LogP contribution in [-0.2, 0) is 6.54 Å². The van der Waals surface area contributed by atoms with Gasteiger partial charge in [0.1, 0.15) is 5.82 Å². The first-order valence-electron chi connectivity index (χ1n) is 9.65. The molecule has 1 N–H and O–H groups in total. The molecule has 1 aliphatic heterocycles. The number of rotatable bonds is 4. The lowest BCUT2D eigenvalue weighted by Gasteiger charge is -2.25. The normalized spacial score (nSPS) is 16.2. The van der Waals surface area contributed by atoms with Gasteiger partial charge < -0.3 is 14.8 Å². The second-order valence-corrected chi connectivity index (χ2v) is 7.73. The number of halogens is 1. The number of likely N-dealkylation sites (tertiary alicyclic amines) is 1. The summed E-state index contributed by atoms with van der Waals surface area (Å²) in [6.07, 6.45) is 5.21. The molecule has 0 aliphatic carbocycles. The van der Waals surface area contributed by atoms with Crippen molar-refractivity contribution in [3.05, 3.63) is 70.5 Å². The SMILES string of the molecule is Cc1cnccc1NC(=O)N1CCC[C@@H]1c1nnc(C)n1Cc1ccc(Cl)cc1. The molecule has 4 rings (SSSR count). The first-order valence-corrected chi connectivity index (χ1v) is 10.0. The molecule has 0 bridgehead atoms. The van der Waals surface area contributed by atoms with E-state index in [1.807, 2.05) is 49.1 Å². The van der Waals surface area contributed by atoms with E-state index in [1.54, 1.807) is 12.4 Å². The fourth-order valence-electron chi connectivity index (χ4n) is 3.69. The van der Waals surface area contributed by atoms with Crippen molar-refractivity contribution in [3.63, 3.8) is 0 Å². The zero-order valence-corrected chi connectivity index (χ0v) is 17.2. The van der Waals surface area contributed by atoms with Gasteiger partial charge in [0.15, 0.2) is 5.82 Å². The lowest BCUT2D eigenvalue weighted by Crippen LogP contribution is -2.35. The van der Waals surface area contributed by atoms with Crippen LogP contribution >= 0.6 is 11.6 Å². The van der Waals surface area contributed by atoms with E-state index in [1.165, 1.54) is 0 Å². The molecule has 8 heteroatoms. The molecule has 2 aromatic heterocycles. The van der Waals surface area contributed by atoms with Gasteiger partial charge in [0.2, 0.25) is 0 Å². The quantitative estimate of drug-likeness (QED) is 0.693. The highest BCUT2D eigenvalue weighted by molar-refractivity contribution is 6.30. The van der Waals surface area contributed by atoms with Crippen molar-refractivity contribution in [2.45, 2.75) is 39.3 Å². The Morgan fingerprint density at radius 1 is 1.21 bits per heavy atom. The number of nitrogens with zero attached hydrogens (tertiary/aromatic N) is 5. The van der Waals surface area contributed by atoms with E-state index in [-0.39, 0.29) is 12.1 Å². The minimum atomic E-state index is -0.125. The number of aryl methyl sites for hydroxylation is 2. The Hall–Kier alpha value is -2.93. The highest BCUT2D eigenvalue weighted by atomic mass is 35.5. The van der Waals surface area contributed by atoms with Crippen molar-refractivity contribution < 1.29 is 4.79 Å². The van der Waals surface area contributed by atoms with Crippen molar-refractivity contribution in [2.24, 2.45) is 0 Å². The van der Waals surface area contributed by atoms with Gasteiger partial charge >= 0.3 is 6.03 Å². The predicted octanol–water partition coefficient (Wildman–Crippen LogP) is 4.36. The summed E-state index contributed by atoms with van der Waals surface area (Å²) >= 11 is 6.00. The summed E-state index contributed by atoms with van der Waals surface area (Å²) in [5.41, 5.74) is 2.81. The Balaban J connectivity index is 1.57. The molecule has 1 aromatic carbocycles. The van der Waals surface area contributed by atoms with E-state index in [2.05, 4.69) is 25.1 Å². The molecule has 1 atom stereocenters. The molecule has 7 nitrogen and oxygen atoms in total. The summed E-state index contributed by atoms with van der Waals surface area (Å²) in [5, 5.41) is 12.4. The lowest BCUT2D eigenvalue weighted by molar-refractivity contribution is 0.204. The molecule has 0 radical (unpaired) electrons. The van der Waals surface area contributed by atoms with Gasteiger partial charge in [0, 0.05) is 29.6 Å². The standard InChI is InChI=1S/C21H23ClN6O/c1-14-12-23-10-9-18(14)24-21(29)27-11-3-4-19(27)20-26-25-15(2)28(20)13-16-5-7-17(22)8-6-16/h5-10,12,19H,3-4,11,13H2,1-2H3,(H,23,24,29)/t19-/m1/s1. The van der Waals surface area contributed by atoms with Gasteiger partial charge in [-0.25, -0.2) is 4.79 Å². The van der Waals surface area contributed by atoms with Crippen LogP contribution < -0.4 is 5.32 Å². The van der Waals surface area contributed by atoms with Crippen molar-refractivity contribution in [1.29, 1.82) is 0 Å². The van der Waals surface area contributed by atoms with E-state index >= 15 is 0 Å². The average Bonchev–Trinajstić information content (AvgIpc) is 3.32. The molecular weight excluding hydrogens is 388 g/mol. The third-order valence-electron chi connectivity index (χ3n) is 5.29. The molecule has 0 saturated carbocycles. The highest BCUT2D eigenvalue weighted by Gasteiger charge is 2.34. The topological polar surface area (TPSA) is 75.9 Å². The van der Waals surface area contributed by atoms with Crippen LogP contribution in [0.4, 0.5) is 10.5 Å². The summed E-state index contributed by atoms with van der Waals surface area (Å²) in [7, 11) is 0. The van der Waals surface area contributed by atoms with Crippen molar-refractivity contribution in [2.75, 3.05) is 11.9 Å². The van der Waals surface area contributed by atoms with Crippen molar-refractivity contribution in [1.82, 2.24) is 24.6 Å². The smallest absolute Gasteiger partial charge is 0.314 e. The second kappa shape index (κ2) is 8.21. The van der Waals surface area contributed by atoms with E-state index in [0.29, 0.717) is 18.1 Å². The molecule has 150 valence electrons. The largest absolute Gasteiger partial charge is 0.322 e. The molecule has 1 fully saturated rings. The number of urea groups is 1. The van der Waals surface area contributed by atoms with E-state index < -0.39 is 0 Å². The number of carbonyl (C=O) groups is 1. The predicted molar refractivity (Wildman–Crippen MR) is 112 cm³/mol. The third kappa shape index (κ3) is 4.10. The summed E-state index contributed by atoms with van der Waals surface area (Å²) in [4.78, 5) is 18.9. The number of anilines is 1. The maximum atomic E-state index is 13.0. The molecule has 0 unspecified atom stereocenters. The summed E-state index contributed by atoms with van der Waals surface area (Å²) in [6.45, 7) is 5.19. The van der Waals surface area contributed by atoms with Crippen LogP contribution in [0.3, 0.4) is 0 Å². The molecule has 0 spiro atoms. The minimum absolute atomic E-state index is 0.106. The van der Waals surface area contributed by atoms with Crippen LogP contribution in [0.25, 0.3) is 0 Å².